The number of likely N-dealkylation sites (N-methyl/N-ethyl adjacent to an activating group) is 1. The third kappa shape index (κ3) is 4.63. The van der Waals surface area contributed by atoms with Crippen LogP contribution in [0.15, 0.2) is 48.7 Å². The molecular weight excluding hydrogens is 432 g/mol. The zero-order valence-corrected chi connectivity index (χ0v) is 19.4. The van der Waals surface area contributed by atoms with Gasteiger partial charge in [0.25, 0.3) is 5.91 Å². The first kappa shape index (κ1) is 22.1. The van der Waals surface area contributed by atoms with Crippen LogP contribution in [0.5, 0.6) is 0 Å². The number of para-hydroxylation sites is 2. The quantitative estimate of drug-likeness (QED) is 0.437. The predicted molar refractivity (Wildman–Crippen MR) is 131 cm³/mol. The largest absolute Gasteiger partial charge is 0.383 e. The number of carbonyl (C=O) groups is 1. The number of ether oxygens (including phenoxy) is 1. The second-order valence-corrected chi connectivity index (χ2v) is 8.38. The standard InChI is InChI=1S/C24H28N8O2/c1-30-9-11-31(12-10-30)22-8-7-17(16-25-22)24(33)28-21-15-20(32(29-21)13-14-34-2)23-26-18-5-3-4-6-19(18)27-23/h3-8,15-16H,9-14H2,1-2H3,(H,26,27)(H,28,29,33). The molecule has 3 aromatic heterocycles. The molecule has 1 amide bonds. The van der Waals surface area contributed by atoms with E-state index in [9.17, 15) is 4.79 Å². The van der Waals surface area contributed by atoms with Crippen molar-refractivity contribution >= 4 is 28.6 Å². The maximum atomic E-state index is 12.9. The number of nitrogens with one attached hydrogen (secondary N) is 2. The number of aromatic amines is 1. The summed E-state index contributed by atoms with van der Waals surface area (Å²) < 4.78 is 7.01. The fraction of sp³-hybridized carbons (Fsp3) is 0.333. The summed E-state index contributed by atoms with van der Waals surface area (Å²) in [5.41, 5.74) is 3.06. The van der Waals surface area contributed by atoms with E-state index in [-0.39, 0.29) is 5.91 Å². The van der Waals surface area contributed by atoms with Crippen LogP contribution in [0.2, 0.25) is 0 Å². The maximum absolute atomic E-state index is 12.9. The molecule has 1 aliphatic heterocycles. The Morgan fingerprint density at radius 2 is 1.97 bits per heavy atom. The first-order valence-electron chi connectivity index (χ1n) is 11.3. The molecule has 4 aromatic rings. The lowest BCUT2D eigenvalue weighted by Gasteiger charge is -2.33. The molecule has 10 heteroatoms. The van der Waals surface area contributed by atoms with Crippen molar-refractivity contribution in [2.24, 2.45) is 0 Å². The number of carbonyl (C=O) groups excluding carboxylic acids is 1. The Kier molecular flexibility index (Phi) is 6.24. The summed E-state index contributed by atoms with van der Waals surface area (Å²) in [6, 6.07) is 13.4. The molecule has 10 nitrogen and oxygen atoms in total. The van der Waals surface area contributed by atoms with E-state index in [0.717, 1.165) is 48.7 Å². The number of amides is 1. The topological polar surface area (TPSA) is 104 Å². The van der Waals surface area contributed by atoms with Crippen molar-refractivity contribution in [3.8, 4) is 11.5 Å². The predicted octanol–water partition coefficient (Wildman–Crippen LogP) is 2.47. The molecule has 0 saturated carbocycles. The van der Waals surface area contributed by atoms with Crippen LogP contribution < -0.4 is 10.2 Å². The number of anilines is 2. The molecule has 34 heavy (non-hydrogen) atoms. The van der Waals surface area contributed by atoms with Gasteiger partial charge in [0.2, 0.25) is 0 Å². The summed E-state index contributed by atoms with van der Waals surface area (Å²) in [7, 11) is 3.76. The van der Waals surface area contributed by atoms with E-state index in [2.05, 4.69) is 42.2 Å². The van der Waals surface area contributed by atoms with E-state index in [4.69, 9.17) is 4.74 Å². The molecule has 2 N–H and O–H groups in total. The van der Waals surface area contributed by atoms with Gasteiger partial charge < -0.3 is 24.8 Å². The number of piperazine rings is 1. The second-order valence-electron chi connectivity index (χ2n) is 8.38. The lowest BCUT2D eigenvalue weighted by atomic mass is 10.2. The molecular formula is C24H28N8O2. The summed E-state index contributed by atoms with van der Waals surface area (Å²) in [5, 5.41) is 7.46. The van der Waals surface area contributed by atoms with E-state index in [1.165, 1.54) is 0 Å². The van der Waals surface area contributed by atoms with Gasteiger partial charge in [0.15, 0.2) is 11.6 Å². The highest BCUT2D eigenvalue weighted by atomic mass is 16.5. The third-order valence-electron chi connectivity index (χ3n) is 6.00. The van der Waals surface area contributed by atoms with Crippen LogP contribution in [-0.4, -0.2) is 82.5 Å². The fourth-order valence-corrected chi connectivity index (χ4v) is 4.02. The fourth-order valence-electron chi connectivity index (χ4n) is 4.02. The highest BCUT2D eigenvalue weighted by Gasteiger charge is 2.18. The summed E-state index contributed by atoms with van der Waals surface area (Å²) in [4.78, 5) is 29.9. The first-order valence-corrected chi connectivity index (χ1v) is 11.3. The Balaban J connectivity index is 1.34. The Morgan fingerprint density at radius 3 is 2.71 bits per heavy atom. The number of hydrogen-bond donors (Lipinski definition) is 2. The molecule has 5 rings (SSSR count). The highest BCUT2D eigenvalue weighted by molar-refractivity contribution is 6.03. The molecule has 1 aliphatic rings. The molecule has 0 radical (unpaired) electrons. The summed E-state index contributed by atoms with van der Waals surface area (Å²) >= 11 is 0. The molecule has 1 aromatic carbocycles. The Morgan fingerprint density at radius 1 is 1.15 bits per heavy atom. The van der Waals surface area contributed by atoms with Gasteiger partial charge in [0.1, 0.15) is 11.5 Å². The molecule has 0 aliphatic carbocycles. The van der Waals surface area contributed by atoms with Crippen LogP contribution in [-0.2, 0) is 11.3 Å². The molecule has 0 bridgehead atoms. The minimum atomic E-state index is -0.259. The number of nitrogens with zero attached hydrogens (tertiary/aromatic N) is 6. The number of aromatic nitrogens is 5. The Hall–Kier alpha value is -3.76. The van der Waals surface area contributed by atoms with Crippen LogP contribution in [0.25, 0.3) is 22.6 Å². The number of H-pyrrole nitrogens is 1. The Labute approximate surface area is 197 Å². The van der Waals surface area contributed by atoms with Crippen molar-refractivity contribution in [1.82, 2.24) is 29.6 Å². The molecule has 1 fully saturated rings. The number of hydrogen-bond acceptors (Lipinski definition) is 7. The first-order chi connectivity index (χ1) is 16.6. The minimum absolute atomic E-state index is 0.259. The van der Waals surface area contributed by atoms with Crippen molar-refractivity contribution < 1.29 is 9.53 Å². The smallest absolute Gasteiger partial charge is 0.258 e. The number of imidazole rings is 1. The lowest BCUT2D eigenvalue weighted by Crippen LogP contribution is -2.44. The van der Waals surface area contributed by atoms with Gasteiger partial charge in [-0.2, -0.15) is 5.10 Å². The molecule has 0 atom stereocenters. The van der Waals surface area contributed by atoms with Gasteiger partial charge in [-0.3, -0.25) is 9.48 Å². The summed E-state index contributed by atoms with van der Waals surface area (Å²) in [6.07, 6.45) is 1.62. The second kappa shape index (κ2) is 9.62. The lowest BCUT2D eigenvalue weighted by molar-refractivity contribution is 0.102. The van der Waals surface area contributed by atoms with Crippen molar-refractivity contribution in [3.05, 3.63) is 54.2 Å². The number of fused-ring (bicyclic) bond motifs is 1. The van der Waals surface area contributed by atoms with Crippen LogP contribution in [0.3, 0.4) is 0 Å². The van der Waals surface area contributed by atoms with Gasteiger partial charge in [-0.05, 0) is 31.3 Å². The summed E-state index contributed by atoms with van der Waals surface area (Å²) in [6.45, 7) is 4.88. The number of methoxy groups -OCH3 is 1. The average Bonchev–Trinajstić information content (AvgIpc) is 3.47. The molecule has 0 unspecified atom stereocenters. The normalized spacial score (nSPS) is 14.6. The van der Waals surface area contributed by atoms with Crippen LogP contribution in [0.1, 0.15) is 10.4 Å². The zero-order valence-electron chi connectivity index (χ0n) is 19.4. The number of benzene rings is 1. The monoisotopic (exact) mass is 460 g/mol. The van der Waals surface area contributed by atoms with Gasteiger partial charge in [0.05, 0.1) is 29.7 Å². The van der Waals surface area contributed by atoms with Crippen LogP contribution in [0, 0.1) is 0 Å². The number of pyridine rings is 1. The van der Waals surface area contributed by atoms with Gasteiger partial charge >= 0.3 is 0 Å². The van der Waals surface area contributed by atoms with E-state index >= 15 is 0 Å². The summed E-state index contributed by atoms with van der Waals surface area (Å²) in [5.74, 6) is 1.76. The zero-order chi connectivity index (χ0) is 23.5. The molecule has 0 spiro atoms. The van der Waals surface area contributed by atoms with Gasteiger partial charge in [0, 0.05) is 45.6 Å². The minimum Gasteiger partial charge on any atom is -0.383 e. The van der Waals surface area contributed by atoms with Crippen LogP contribution >= 0.6 is 0 Å². The van der Waals surface area contributed by atoms with Crippen molar-refractivity contribution in [1.29, 1.82) is 0 Å². The maximum Gasteiger partial charge on any atom is 0.258 e. The van der Waals surface area contributed by atoms with E-state index in [0.29, 0.717) is 30.4 Å². The highest BCUT2D eigenvalue weighted by Crippen LogP contribution is 2.24. The SMILES string of the molecule is COCCn1nc(NC(=O)c2ccc(N3CCN(C)CC3)nc2)cc1-c1nc2ccccc2[nH]1. The van der Waals surface area contributed by atoms with Crippen molar-refractivity contribution in [2.45, 2.75) is 6.54 Å². The van der Waals surface area contributed by atoms with Crippen LogP contribution in [0.4, 0.5) is 11.6 Å². The van der Waals surface area contributed by atoms with Gasteiger partial charge in [-0.1, -0.05) is 12.1 Å². The van der Waals surface area contributed by atoms with E-state index in [1.807, 2.05) is 36.4 Å². The van der Waals surface area contributed by atoms with Crippen molar-refractivity contribution in [2.75, 3.05) is 57.2 Å². The Bertz CT molecular complexity index is 1240. The molecule has 176 valence electrons. The van der Waals surface area contributed by atoms with Crippen molar-refractivity contribution in [3.63, 3.8) is 0 Å². The van der Waals surface area contributed by atoms with E-state index in [1.54, 1.807) is 24.1 Å². The number of rotatable bonds is 7. The molecule has 1 saturated heterocycles. The van der Waals surface area contributed by atoms with E-state index < -0.39 is 0 Å². The average molecular weight is 461 g/mol. The van der Waals surface area contributed by atoms with Gasteiger partial charge in [-0.25, -0.2) is 9.97 Å². The molecule has 4 heterocycles. The third-order valence-corrected chi connectivity index (χ3v) is 6.00. The van der Waals surface area contributed by atoms with Gasteiger partial charge in [-0.15, -0.1) is 0 Å².